The van der Waals surface area contributed by atoms with Crippen molar-refractivity contribution in [3.8, 4) is 5.75 Å². The van der Waals surface area contributed by atoms with Crippen LogP contribution in [-0.2, 0) is 6.42 Å². The highest BCUT2D eigenvalue weighted by atomic mass is 32.1. The maximum absolute atomic E-state index is 12.2. The van der Waals surface area contributed by atoms with E-state index < -0.39 is 6.36 Å². The van der Waals surface area contributed by atoms with Crippen LogP contribution in [0.5, 0.6) is 5.75 Å². The van der Waals surface area contributed by atoms with E-state index >= 15 is 0 Å². The minimum absolute atomic E-state index is 0.220. The third-order valence-electron chi connectivity index (χ3n) is 4.95. The summed E-state index contributed by atoms with van der Waals surface area (Å²) in [7, 11) is 0. The standard InChI is InChI=1S/C27H27F3N6OS/c1-18(2)15-21-5-3-4-6-24(21)35-26(38)36-34-16-19-7-9-20(10-8-19)25(31)33-17-32-22-11-13-23(14-12-22)37-27(28,29)30/h3-14,16-18H,15H2,1-2H3,(H2,31,32,33)(H2,35,36,38)/b34-16-. The van der Waals surface area contributed by atoms with Gasteiger partial charge in [-0.3, -0.25) is 5.43 Å². The second-order valence-electron chi connectivity index (χ2n) is 8.50. The molecule has 0 radical (unpaired) electrons. The van der Waals surface area contributed by atoms with Crippen LogP contribution in [0.15, 0.2) is 87.9 Å². The van der Waals surface area contributed by atoms with Gasteiger partial charge in [0.05, 0.1) is 11.9 Å². The van der Waals surface area contributed by atoms with E-state index in [9.17, 15) is 13.2 Å². The van der Waals surface area contributed by atoms with E-state index in [1.165, 1.54) is 24.0 Å². The summed E-state index contributed by atoms with van der Waals surface area (Å²) in [6.45, 7) is 4.33. The topological polar surface area (TPSA) is 96.4 Å². The molecule has 0 saturated carbocycles. The number of anilines is 1. The third kappa shape index (κ3) is 9.66. The van der Waals surface area contributed by atoms with Crippen LogP contribution in [0.3, 0.4) is 0 Å². The number of alkyl halides is 3. The average Bonchev–Trinajstić information content (AvgIpc) is 2.85. The van der Waals surface area contributed by atoms with Crippen molar-refractivity contribution >= 4 is 47.1 Å². The van der Waals surface area contributed by atoms with Gasteiger partial charge in [-0.1, -0.05) is 56.3 Å². The molecule has 0 aliphatic carbocycles. The second kappa shape index (κ2) is 13.3. The molecule has 4 N–H and O–H groups in total. The molecule has 3 aromatic rings. The van der Waals surface area contributed by atoms with Crippen molar-refractivity contribution in [1.82, 2.24) is 5.43 Å². The van der Waals surface area contributed by atoms with E-state index in [0.717, 1.165) is 29.8 Å². The maximum atomic E-state index is 12.2. The average molecular weight is 541 g/mol. The van der Waals surface area contributed by atoms with Gasteiger partial charge in [-0.15, -0.1) is 13.2 Å². The summed E-state index contributed by atoms with van der Waals surface area (Å²) >= 11 is 5.35. The molecular formula is C27H27F3N6OS. The number of hydrogen-bond donors (Lipinski definition) is 3. The lowest BCUT2D eigenvalue weighted by molar-refractivity contribution is -0.274. The Kier molecular flexibility index (Phi) is 9.94. The molecule has 3 aromatic carbocycles. The molecule has 11 heteroatoms. The van der Waals surface area contributed by atoms with Crippen molar-refractivity contribution in [1.29, 1.82) is 0 Å². The van der Waals surface area contributed by atoms with Crippen molar-refractivity contribution < 1.29 is 17.9 Å². The predicted octanol–water partition coefficient (Wildman–Crippen LogP) is 6.17. The summed E-state index contributed by atoms with van der Waals surface area (Å²) in [5.74, 6) is 0.413. The van der Waals surface area contributed by atoms with Gasteiger partial charge in [0, 0.05) is 11.3 Å². The van der Waals surface area contributed by atoms with Gasteiger partial charge >= 0.3 is 6.36 Å². The summed E-state index contributed by atoms with van der Waals surface area (Å²) < 4.78 is 40.5. The van der Waals surface area contributed by atoms with Crippen molar-refractivity contribution in [2.75, 3.05) is 5.32 Å². The summed E-state index contributed by atoms with van der Waals surface area (Å²) in [6, 6.07) is 20.3. The summed E-state index contributed by atoms with van der Waals surface area (Å²) in [5, 5.41) is 7.74. The van der Waals surface area contributed by atoms with Crippen molar-refractivity contribution in [2.24, 2.45) is 26.7 Å². The SMILES string of the molecule is CC(C)Cc1ccccc1NC(=S)N/N=C\c1ccc(C(N)=NC=Nc2ccc(OC(F)(F)F)cc2)cc1. The lowest BCUT2D eigenvalue weighted by Gasteiger charge is -2.13. The number of nitrogens with two attached hydrogens (primary N) is 1. The number of nitrogens with one attached hydrogen (secondary N) is 2. The smallest absolute Gasteiger partial charge is 0.406 e. The highest BCUT2D eigenvalue weighted by molar-refractivity contribution is 7.80. The van der Waals surface area contributed by atoms with Gasteiger partial charge in [0.2, 0.25) is 0 Å². The molecule has 38 heavy (non-hydrogen) atoms. The fourth-order valence-electron chi connectivity index (χ4n) is 3.28. The number of benzene rings is 3. The van der Waals surface area contributed by atoms with E-state index in [-0.39, 0.29) is 11.6 Å². The van der Waals surface area contributed by atoms with Crippen molar-refractivity contribution in [3.05, 3.63) is 89.5 Å². The molecule has 0 aromatic heterocycles. The Labute approximate surface area is 224 Å². The van der Waals surface area contributed by atoms with Gasteiger partial charge in [0.25, 0.3) is 0 Å². The van der Waals surface area contributed by atoms with E-state index in [0.29, 0.717) is 22.3 Å². The number of hydrazone groups is 1. The number of thiocarbonyl (C=S) groups is 1. The maximum Gasteiger partial charge on any atom is 0.573 e. The molecule has 3 rings (SSSR count). The largest absolute Gasteiger partial charge is 0.573 e. The molecule has 0 amide bonds. The Bertz CT molecular complexity index is 1300. The number of hydrogen-bond acceptors (Lipinski definition) is 4. The van der Waals surface area contributed by atoms with Gasteiger partial charge in [-0.25, -0.2) is 9.98 Å². The number of amidine groups is 1. The first-order valence-corrected chi connectivity index (χ1v) is 12.0. The van der Waals surface area contributed by atoms with E-state index in [1.54, 1.807) is 18.3 Å². The first-order chi connectivity index (χ1) is 18.1. The van der Waals surface area contributed by atoms with E-state index in [1.807, 2.05) is 30.3 Å². The van der Waals surface area contributed by atoms with Crippen molar-refractivity contribution in [3.63, 3.8) is 0 Å². The van der Waals surface area contributed by atoms with Gasteiger partial charge in [-0.2, -0.15) is 5.10 Å². The first-order valence-electron chi connectivity index (χ1n) is 11.6. The Balaban J connectivity index is 1.52. The zero-order valence-electron chi connectivity index (χ0n) is 20.7. The summed E-state index contributed by atoms with van der Waals surface area (Å²) in [6.07, 6.45) is -0.959. The van der Waals surface area contributed by atoms with Crippen LogP contribution in [0.2, 0.25) is 0 Å². The molecule has 0 bridgehead atoms. The molecule has 0 spiro atoms. The van der Waals surface area contributed by atoms with Gasteiger partial charge < -0.3 is 15.8 Å². The van der Waals surface area contributed by atoms with E-state index in [4.69, 9.17) is 18.0 Å². The zero-order chi connectivity index (χ0) is 27.5. The number of halogens is 3. The van der Waals surface area contributed by atoms with Crippen LogP contribution < -0.4 is 21.2 Å². The predicted molar refractivity (Wildman–Crippen MR) is 150 cm³/mol. The first kappa shape index (κ1) is 28.3. The Morgan fingerprint density at radius 2 is 1.71 bits per heavy atom. The van der Waals surface area contributed by atoms with Crippen LogP contribution in [0.4, 0.5) is 24.5 Å². The summed E-state index contributed by atoms with van der Waals surface area (Å²) in [4.78, 5) is 8.13. The van der Waals surface area contributed by atoms with Gasteiger partial charge in [0.1, 0.15) is 17.9 Å². The van der Waals surface area contributed by atoms with Gasteiger partial charge in [0.15, 0.2) is 5.11 Å². The number of para-hydroxylation sites is 1. The number of aliphatic imine (C=N–C) groups is 2. The Hall–Kier alpha value is -4.25. The number of rotatable bonds is 9. The Morgan fingerprint density at radius 3 is 2.37 bits per heavy atom. The molecule has 0 aliphatic rings. The molecule has 7 nitrogen and oxygen atoms in total. The fraction of sp³-hybridized carbons (Fsp3) is 0.185. The monoisotopic (exact) mass is 540 g/mol. The highest BCUT2D eigenvalue weighted by Gasteiger charge is 2.30. The molecule has 0 aliphatic heterocycles. The lowest BCUT2D eigenvalue weighted by atomic mass is 10.0. The molecule has 0 fully saturated rings. The molecule has 0 unspecified atom stereocenters. The quantitative estimate of drug-likeness (QED) is 0.131. The highest BCUT2D eigenvalue weighted by Crippen LogP contribution is 2.24. The molecule has 198 valence electrons. The van der Waals surface area contributed by atoms with E-state index in [2.05, 4.69) is 50.5 Å². The van der Waals surface area contributed by atoms with Crippen LogP contribution in [-0.4, -0.2) is 29.9 Å². The normalized spacial score (nSPS) is 12.3. The second-order valence-corrected chi connectivity index (χ2v) is 8.91. The van der Waals surface area contributed by atoms with Crippen LogP contribution in [0, 0.1) is 5.92 Å². The molecular weight excluding hydrogens is 513 g/mol. The number of ether oxygens (including phenoxy) is 1. The lowest BCUT2D eigenvalue weighted by Crippen LogP contribution is -2.24. The minimum atomic E-state index is -4.74. The zero-order valence-corrected chi connectivity index (χ0v) is 21.6. The molecule has 0 atom stereocenters. The number of nitrogens with zero attached hydrogens (tertiary/aromatic N) is 3. The van der Waals surface area contributed by atoms with Gasteiger partial charge in [-0.05, 0) is 66.0 Å². The van der Waals surface area contributed by atoms with Crippen molar-refractivity contribution in [2.45, 2.75) is 26.6 Å². The van der Waals surface area contributed by atoms with Crippen LogP contribution in [0.1, 0.15) is 30.5 Å². The fourth-order valence-corrected chi connectivity index (χ4v) is 3.44. The molecule has 0 saturated heterocycles. The Morgan fingerprint density at radius 1 is 1.03 bits per heavy atom. The van der Waals surface area contributed by atoms with Crippen LogP contribution in [0.25, 0.3) is 0 Å². The minimum Gasteiger partial charge on any atom is -0.406 e. The molecule has 0 heterocycles. The summed E-state index contributed by atoms with van der Waals surface area (Å²) in [5.41, 5.74) is 12.8. The van der Waals surface area contributed by atoms with Crippen LogP contribution >= 0.6 is 12.2 Å². The third-order valence-corrected chi connectivity index (χ3v) is 5.15.